The zero-order valence-electron chi connectivity index (χ0n) is 15.8. The van der Waals surface area contributed by atoms with Gasteiger partial charge in [-0.15, -0.1) is 0 Å². The Bertz CT molecular complexity index is 578. The van der Waals surface area contributed by atoms with Crippen molar-refractivity contribution >= 4 is 5.96 Å². The number of rotatable bonds is 7. The lowest BCUT2D eigenvalue weighted by Gasteiger charge is -2.54. The maximum atomic E-state index is 6.01. The first-order chi connectivity index (χ1) is 12.2. The normalized spacial score (nSPS) is 25.2. The molecule has 6 nitrogen and oxygen atoms in total. The molecule has 2 aliphatic carbocycles. The van der Waals surface area contributed by atoms with E-state index in [0.717, 1.165) is 43.4 Å². The zero-order valence-corrected chi connectivity index (χ0v) is 15.8. The lowest BCUT2D eigenvalue weighted by molar-refractivity contribution is -0.125. The van der Waals surface area contributed by atoms with Crippen molar-refractivity contribution in [2.24, 2.45) is 10.4 Å². The summed E-state index contributed by atoms with van der Waals surface area (Å²) in [4.78, 5) is 4.70. The Morgan fingerprint density at radius 3 is 2.80 bits per heavy atom. The highest BCUT2D eigenvalue weighted by atomic mass is 16.5. The lowest BCUT2D eigenvalue weighted by atomic mass is 9.60. The fraction of sp³-hybridized carbons (Fsp3) is 0.789. The van der Waals surface area contributed by atoms with Gasteiger partial charge in [-0.05, 0) is 39.5 Å². The number of nitrogens with zero attached hydrogens (tertiary/aromatic N) is 2. The van der Waals surface area contributed by atoms with Crippen LogP contribution in [0.2, 0.25) is 0 Å². The molecule has 2 fully saturated rings. The van der Waals surface area contributed by atoms with Gasteiger partial charge < -0.3 is 19.9 Å². The number of hydrogen-bond donors (Lipinski definition) is 2. The summed E-state index contributed by atoms with van der Waals surface area (Å²) in [6.45, 7) is 8.42. The molecule has 1 aromatic rings. The number of aliphatic imine (C=N–C) groups is 1. The number of ether oxygens (including phenoxy) is 1. The first-order valence-corrected chi connectivity index (χ1v) is 9.82. The van der Waals surface area contributed by atoms with Crippen molar-refractivity contribution in [1.82, 2.24) is 15.8 Å². The topological polar surface area (TPSA) is 71.7 Å². The molecule has 1 aromatic heterocycles. The van der Waals surface area contributed by atoms with Gasteiger partial charge in [0.1, 0.15) is 6.54 Å². The minimum Gasteiger partial charge on any atom is -0.378 e. The van der Waals surface area contributed by atoms with Crippen LogP contribution < -0.4 is 10.6 Å². The third-order valence-electron chi connectivity index (χ3n) is 5.71. The van der Waals surface area contributed by atoms with Gasteiger partial charge in [0.25, 0.3) is 0 Å². The van der Waals surface area contributed by atoms with Gasteiger partial charge in [0.15, 0.2) is 11.7 Å². The molecule has 0 aromatic carbocycles. The van der Waals surface area contributed by atoms with E-state index in [1.54, 1.807) is 0 Å². The molecule has 3 rings (SSSR count). The third-order valence-corrected chi connectivity index (χ3v) is 5.71. The largest absolute Gasteiger partial charge is 0.378 e. The summed E-state index contributed by atoms with van der Waals surface area (Å²) in [6, 6.07) is 2.44. The van der Waals surface area contributed by atoms with Crippen molar-refractivity contribution < 1.29 is 9.26 Å². The average Bonchev–Trinajstić information content (AvgIpc) is 3.29. The van der Waals surface area contributed by atoms with Gasteiger partial charge in [-0.1, -0.05) is 24.9 Å². The molecule has 2 atom stereocenters. The summed E-state index contributed by atoms with van der Waals surface area (Å²) in [5, 5.41) is 11.1. The van der Waals surface area contributed by atoms with Crippen molar-refractivity contribution in [3.63, 3.8) is 0 Å². The molecule has 0 amide bonds. The van der Waals surface area contributed by atoms with Crippen LogP contribution in [0.1, 0.15) is 64.3 Å². The van der Waals surface area contributed by atoms with E-state index in [2.05, 4.69) is 36.6 Å². The predicted molar refractivity (Wildman–Crippen MR) is 98.6 cm³/mol. The smallest absolute Gasteiger partial charge is 0.191 e. The van der Waals surface area contributed by atoms with E-state index in [-0.39, 0.29) is 0 Å². The molecule has 1 spiro atoms. The van der Waals surface area contributed by atoms with E-state index < -0.39 is 0 Å². The van der Waals surface area contributed by atoms with Crippen LogP contribution in [-0.2, 0) is 17.7 Å². The number of aryl methyl sites for hydroxylation is 1. The summed E-state index contributed by atoms with van der Waals surface area (Å²) in [7, 11) is 0. The Morgan fingerprint density at radius 2 is 2.16 bits per heavy atom. The summed E-state index contributed by atoms with van der Waals surface area (Å²) < 4.78 is 11.3. The fourth-order valence-electron chi connectivity index (χ4n) is 4.33. The Labute approximate surface area is 150 Å². The zero-order chi connectivity index (χ0) is 17.7. The Hall–Kier alpha value is -1.56. The van der Waals surface area contributed by atoms with Crippen LogP contribution in [0.15, 0.2) is 15.6 Å². The highest BCUT2D eigenvalue weighted by Crippen LogP contribution is 2.54. The quantitative estimate of drug-likeness (QED) is 0.585. The molecule has 25 heavy (non-hydrogen) atoms. The average molecular weight is 348 g/mol. The Morgan fingerprint density at radius 1 is 1.36 bits per heavy atom. The number of aromatic nitrogens is 1. The van der Waals surface area contributed by atoms with Crippen molar-refractivity contribution in [1.29, 1.82) is 0 Å². The monoisotopic (exact) mass is 348 g/mol. The molecule has 0 saturated heterocycles. The second-order valence-electron chi connectivity index (χ2n) is 7.15. The molecule has 140 valence electrons. The van der Waals surface area contributed by atoms with Gasteiger partial charge in [0.05, 0.1) is 11.8 Å². The van der Waals surface area contributed by atoms with E-state index in [9.17, 15) is 0 Å². The van der Waals surface area contributed by atoms with Crippen molar-refractivity contribution in [2.75, 3.05) is 13.2 Å². The van der Waals surface area contributed by atoms with Gasteiger partial charge in [-0.2, -0.15) is 0 Å². The molecule has 2 N–H and O–H groups in total. The predicted octanol–water partition coefficient (Wildman–Crippen LogP) is 3.03. The molecule has 0 bridgehead atoms. The van der Waals surface area contributed by atoms with E-state index in [1.807, 2.05) is 6.07 Å². The molecule has 1 heterocycles. The van der Waals surface area contributed by atoms with Crippen molar-refractivity contribution in [3.8, 4) is 0 Å². The Balaban J connectivity index is 1.64. The van der Waals surface area contributed by atoms with Crippen LogP contribution in [0.3, 0.4) is 0 Å². The minimum absolute atomic E-state index is 0.299. The van der Waals surface area contributed by atoms with Gasteiger partial charge in [0.2, 0.25) is 0 Å². The van der Waals surface area contributed by atoms with Crippen LogP contribution in [-0.4, -0.2) is 36.4 Å². The van der Waals surface area contributed by atoms with Gasteiger partial charge in [-0.25, -0.2) is 4.99 Å². The molecule has 0 radical (unpaired) electrons. The molecule has 6 heteroatoms. The summed E-state index contributed by atoms with van der Waals surface area (Å²) in [5.41, 5.74) is 1.28. The third kappa shape index (κ3) is 3.84. The number of hydrogen-bond acceptors (Lipinski definition) is 4. The second kappa shape index (κ2) is 8.21. The van der Waals surface area contributed by atoms with Crippen LogP contribution in [0, 0.1) is 5.41 Å². The van der Waals surface area contributed by atoms with E-state index in [1.165, 1.54) is 25.7 Å². The summed E-state index contributed by atoms with van der Waals surface area (Å²) in [5.74, 6) is 1.67. The maximum Gasteiger partial charge on any atom is 0.191 e. The summed E-state index contributed by atoms with van der Waals surface area (Å²) in [6.07, 6.45) is 7.51. The Kier molecular flexibility index (Phi) is 5.99. The van der Waals surface area contributed by atoms with Gasteiger partial charge in [0, 0.05) is 30.7 Å². The summed E-state index contributed by atoms with van der Waals surface area (Å²) >= 11 is 0. The minimum atomic E-state index is 0.299. The molecule has 2 unspecified atom stereocenters. The fourth-order valence-corrected chi connectivity index (χ4v) is 4.33. The van der Waals surface area contributed by atoms with Crippen molar-refractivity contribution in [2.45, 2.75) is 78.0 Å². The van der Waals surface area contributed by atoms with E-state index >= 15 is 0 Å². The van der Waals surface area contributed by atoms with E-state index in [0.29, 0.717) is 24.1 Å². The number of nitrogens with one attached hydrogen (secondary N) is 2. The maximum absolute atomic E-state index is 6.01. The molecule has 2 aliphatic rings. The standard InChI is InChI=1S/C19H32N4O2/c1-4-14-11-15(25-23-14)13-21-18(20-5-2)22-16-12-17(24-6-3)19(16)9-7-8-10-19/h11,16-17H,4-10,12-13H2,1-3H3,(H2,20,21,22). The molecule has 2 saturated carbocycles. The first kappa shape index (κ1) is 18.2. The molecular formula is C19H32N4O2. The first-order valence-electron chi connectivity index (χ1n) is 9.82. The highest BCUT2D eigenvalue weighted by Gasteiger charge is 2.56. The van der Waals surface area contributed by atoms with E-state index in [4.69, 9.17) is 14.3 Å². The molecular weight excluding hydrogens is 316 g/mol. The van der Waals surface area contributed by atoms with Crippen LogP contribution in [0.25, 0.3) is 0 Å². The lowest BCUT2D eigenvalue weighted by Crippen LogP contribution is -2.65. The van der Waals surface area contributed by atoms with Crippen LogP contribution >= 0.6 is 0 Å². The van der Waals surface area contributed by atoms with Crippen molar-refractivity contribution in [3.05, 3.63) is 17.5 Å². The van der Waals surface area contributed by atoms with Crippen LogP contribution in [0.4, 0.5) is 0 Å². The molecule has 0 aliphatic heterocycles. The van der Waals surface area contributed by atoms with Crippen LogP contribution in [0.5, 0.6) is 0 Å². The van der Waals surface area contributed by atoms with Gasteiger partial charge >= 0.3 is 0 Å². The number of guanidine groups is 1. The SMILES string of the molecule is CCNC(=NCc1cc(CC)no1)NC1CC(OCC)C12CCCC2. The highest BCUT2D eigenvalue weighted by molar-refractivity contribution is 5.80. The van der Waals surface area contributed by atoms with Gasteiger partial charge in [-0.3, -0.25) is 0 Å². The second-order valence-corrected chi connectivity index (χ2v) is 7.15.